The summed E-state index contributed by atoms with van der Waals surface area (Å²) in [5.41, 5.74) is 2.81. The van der Waals surface area contributed by atoms with Gasteiger partial charge >= 0.3 is 0 Å². The van der Waals surface area contributed by atoms with Gasteiger partial charge in [-0.05, 0) is 30.5 Å². The average molecular weight is 296 g/mol. The molecule has 1 aliphatic carbocycles. The Hall–Kier alpha value is -2.63. The van der Waals surface area contributed by atoms with Gasteiger partial charge in [-0.25, -0.2) is 4.68 Å². The van der Waals surface area contributed by atoms with Crippen LogP contribution in [0.2, 0.25) is 0 Å². The fourth-order valence-corrected chi connectivity index (χ4v) is 3.19. The van der Waals surface area contributed by atoms with E-state index >= 15 is 0 Å². The topological polar surface area (TPSA) is 69.0 Å². The van der Waals surface area contributed by atoms with Gasteiger partial charge in [0, 0.05) is 17.7 Å². The highest BCUT2D eigenvalue weighted by molar-refractivity contribution is 5.99. The summed E-state index contributed by atoms with van der Waals surface area (Å²) in [6, 6.07) is 7.55. The van der Waals surface area contributed by atoms with Gasteiger partial charge in [-0.2, -0.15) is 10.1 Å². The number of ether oxygens (including phenoxy) is 1. The minimum absolute atomic E-state index is 0.190. The van der Waals surface area contributed by atoms with E-state index < -0.39 is 0 Å². The van der Waals surface area contributed by atoms with E-state index in [-0.39, 0.29) is 11.8 Å². The lowest BCUT2D eigenvalue weighted by molar-refractivity contribution is -0.116. The molecule has 0 bridgehead atoms. The van der Waals surface area contributed by atoms with Crippen LogP contribution in [0, 0.1) is 0 Å². The number of methoxy groups -OCH3 is 1. The van der Waals surface area contributed by atoms with Crippen LogP contribution < -0.4 is 10.1 Å². The fourth-order valence-electron chi connectivity index (χ4n) is 3.19. The summed E-state index contributed by atoms with van der Waals surface area (Å²) in [4.78, 5) is 16.7. The Bertz CT molecular complexity index is 761. The smallest absolute Gasteiger partial charge is 0.226 e. The number of hydrogen-bond donors (Lipinski definition) is 1. The highest BCUT2D eigenvalue weighted by Gasteiger charge is 2.35. The summed E-state index contributed by atoms with van der Waals surface area (Å²) < 4.78 is 6.99. The first-order valence-electron chi connectivity index (χ1n) is 7.34. The van der Waals surface area contributed by atoms with Crippen molar-refractivity contribution in [1.82, 2.24) is 14.8 Å². The van der Waals surface area contributed by atoms with E-state index in [0.717, 1.165) is 35.4 Å². The molecule has 2 aromatic rings. The second-order valence-corrected chi connectivity index (χ2v) is 5.50. The number of fused-ring (bicyclic) bond motifs is 1. The van der Waals surface area contributed by atoms with Gasteiger partial charge in [-0.3, -0.25) is 4.79 Å². The van der Waals surface area contributed by atoms with Crippen LogP contribution in [0.3, 0.4) is 0 Å². The Kier molecular flexibility index (Phi) is 2.96. The lowest BCUT2D eigenvalue weighted by atomic mass is 9.85. The molecular weight excluding hydrogens is 280 g/mol. The molecule has 22 heavy (non-hydrogen) atoms. The van der Waals surface area contributed by atoms with Crippen molar-refractivity contribution >= 4 is 11.7 Å². The Morgan fingerprint density at radius 2 is 2.09 bits per heavy atom. The number of carbonyl (C=O) groups excluding carboxylic acids is 1. The van der Waals surface area contributed by atoms with Crippen molar-refractivity contribution in [2.75, 3.05) is 12.4 Å². The fraction of sp³-hybridized carbons (Fsp3) is 0.312. The lowest BCUT2D eigenvalue weighted by Gasteiger charge is -2.32. The standard InChI is InChI=1S/C16H16N4O2/c1-22-11-7-5-10(6-8-11)15-14-12(3-2-4-13(14)21)19-16-17-9-18-20(15)16/h5-9,15H,2-4H2,1H3,(H,17,18,19)/t15-/m0/s1. The van der Waals surface area contributed by atoms with Crippen LogP contribution in [0.4, 0.5) is 5.95 Å². The minimum Gasteiger partial charge on any atom is -0.497 e. The molecule has 0 saturated carbocycles. The van der Waals surface area contributed by atoms with Crippen LogP contribution in [0.1, 0.15) is 30.9 Å². The third-order valence-corrected chi connectivity index (χ3v) is 4.24. The van der Waals surface area contributed by atoms with Crippen molar-refractivity contribution in [1.29, 1.82) is 0 Å². The molecule has 0 amide bonds. The zero-order valence-corrected chi connectivity index (χ0v) is 12.2. The van der Waals surface area contributed by atoms with Gasteiger partial charge in [0.25, 0.3) is 0 Å². The summed E-state index contributed by atoms with van der Waals surface area (Å²) in [7, 11) is 1.64. The number of Topliss-reactive ketones (excluding diaryl/α,β-unsaturated/α-hetero) is 1. The molecule has 1 N–H and O–H groups in total. The van der Waals surface area contributed by atoms with Crippen molar-refractivity contribution in [2.45, 2.75) is 25.3 Å². The highest BCUT2D eigenvalue weighted by atomic mass is 16.5. The van der Waals surface area contributed by atoms with E-state index in [1.165, 1.54) is 6.33 Å². The normalized spacial score (nSPS) is 20.2. The number of rotatable bonds is 2. The summed E-state index contributed by atoms with van der Waals surface area (Å²) in [6.45, 7) is 0. The quantitative estimate of drug-likeness (QED) is 0.921. The first kappa shape index (κ1) is 13.1. The summed E-state index contributed by atoms with van der Waals surface area (Å²) in [6.07, 6.45) is 3.87. The van der Waals surface area contributed by atoms with Crippen molar-refractivity contribution in [3.05, 3.63) is 47.4 Å². The van der Waals surface area contributed by atoms with E-state index in [9.17, 15) is 4.79 Å². The molecule has 0 radical (unpaired) electrons. The summed E-state index contributed by atoms with van der Waals surface area (Å²) >= 11 is 0. The number of hydrogen-bond acceptors (Lipinski definition) is 5. The van der Waals surface area contributed by atoms with Gasteiger partial charge in [-0.1, -0.05) is 12.1 Å². The van der Waals surface area contributed by atoms with Gasteiger partial charge in [0.2, 0.25) is 5.95 Å². The number of nitrogens with zero attached hydrogens (tertiary/aromatic N) is 3. The monoisotopic (exact) mass is 296 g/mol. The zero-order valence-electron chi connectivity index (χ0n) is 12.2. The van der Waals surface area contributed by atoms with Crippen LogP contribution in [0.25, 0.3) is 0 Å². The Morgan fingerprint density at radius 1 is 1.27 bits per heavy atom. The average Bonchev–Trinajstić information content (AvgIpc) is 3.01. The van der Waals surface area contributed by atoms with Crippen molar-refractivity contribution in [3.8, 4) is 5.75 Å². The molecule has 0 spiro atoms. The van der Waals surface area contributed by atoms with E-state index in [0.29, 0.717) is 12.4 Å². The second kappa shape index (κ2) is 4.98. The first-order valence-corrected chi connectivity index (χ1v) is 7.34. The Balaban J connectivity index is 1.86. The molecule has 0 unspecified atom stereocenters. The van der Waals surface area contributed by atoms with Crippen molar-refractivity contribution < 1.29 is 9.53 Å². The maximum atomic E-state index is 12.5. The Labute approximate surface area is 127 Å². The molecule has 1 aliphatic heterocycles. The van der Waals surface area contributed by atoms with Crippen LogP contribution in [0.5, 0.6) is 5.75 Å². The predicted octanol–water partition coefficient (Wildman–Crippen LogP) is 2.31. The number of carbonyl (C=O) groups is 1. The molecule has 2 aliphatic rings. The number of aromatic nitrogens is 3. The maximum Gasteiger partial charge on any atom is 0.226 e. The molecular formula is C16H16N4O2. The number of nitrogens with one attached hydrogen (secondary N) is 1. The highest BCUT2D eigenvalue weighted by Crippen LogP contribution is 2.39. The summed E-state index contributed by atoms with van der Waals surface area (Å²) in [5, 5.41) is 7.56. The molecule has 1 aromatic heterocycles. The van der Waals surface area contributed by atoms with Gasteiger partial charge in [-0.15, -0.1) is 0 Å². The van der Waals surface area contributed by atoms with E-state index in [4.69, 9.17) is 4.74 Å². The van der Waals surface area contributed by atoms with Gasteiger partial charge in [0.15, 0.2) is 5.78 Å². The van der Waals surface area contributed by atoms with Gasteiger partial charge in [0.05, 0.1) is 7.11 Å². The van der Waals surface area contributed by atoms with Crippen molar-refractivity contribution in [3.63, 3.8) is 0 Å². The molecule has 1 atom stereocenters. The number of anilines is 1. The van der Waals surface area contributed by atoms with Crippen molar-refractivity contribution in [2.24, 2.45) is 0 Å². The van der Waals surface area contributed by atoms with Crippen LogP contribution >= 0.6 is 0 Å². The predicted molar refractivity (Wildman–Crippen MR) is 80.7 cm³/mol. The molecule has 0 saturated heterocycles. The van der Waals surface area contributed by atoms with Gasteiger partial charge < -0.3 is 10.1 Å². The van der Waals surface area contributed by atoms with Crippen LogP contribution in [-0.2, 0) is 4.79 Å². The number of allylic oxidation sites excluding steroid dienone is 2. The molecule has 4 rings (SSSR count). The number of benzene rings is 1. The first-order chi connectivity index (χ1) is 10.8. The number of ketones is 1. The molecule has 6 heteroatoms. The molecule has 6 nitrogen and oxygen atoms in total. The van der Waals surface area contributed by atoms with E-state index in [1.807, 2.05) is 24.3 Å². The van der Waals surface area contributed by atoms with Gasteiger partial charge in [0.1, 0.15) is 18.1 Å². The van der Waals surface area contributed by atoms with E-state index in [1.54, 1.807) is 11.8 Å². The largest absolute Gasteiger partial charge is 0.497 e. The maximum absolute atomic E-state index is 12.5. The molecule has 1 aromatic carbocycles. The molecule has 0 fully saturated rings. The third-order valence-electron chi connectivity index (χ3n) is 4.24. The Morgan fingerprint density at radius 3 is 2.86 bits per heavy atom. The minimum atomic E-state index is -0.215. The zero-order chi connectivity index (χ0) is 15.1. The van der Waals surface area contributed by atoms with Crippen LogP contribution in [0.15, 0.2) is 41.9 Å². The summed E-state index contributed by atoms with van der Waals surface area (Å²) in [5.74, 6) is 1.67. The SMILES string of the molecule is COc1ccc([C@H]2C3=C(CCCC3=O)Nc3ncnn32)cc1. The molecule has 2 heterocycles. The van der Waals surface area contributed by atoms with Crippen LogP contribution in [-0.4, -0.2) is 27.7 Å². The van der Waals surface area contributed by atoms with E-state index in [2.05, 4.69) is 15.4 Å². The lowest BCUT2D eigenvalue weighted by Crippen LogP contribution is -2.31. The third kappa shape index (κ3) is 1.91. The molecule has 112 valence electrons. The second-order valence-electron chi connectivity index (χ2n) is 5.50.